The van der Waals surface area contributed by atoms with E-state index in [2.05, 4.69) is 10.4 Å². The molecule has 28 heavy (non-hydrogen) atoms. The van der Waals surface area contributed by atoms with Gasteiger partial charge in [-0.3, -0.25) is 9.59 Å². The van der Waals surface area contributed by atoms with E-state index in [1.165, 1.54) is 36.4 Å². The Balaban J connectivity index is 1.62. The number of aryl methyl sites for hydroxylation is 1. The van der Waals surface area contributed by atoms with Crippen LogP contribution in [0, 0.1) is 17.5 Å². The minimum atomic E-state index is -0.724. The molecule has 1 aromatic heterocycles. The van der Waals surface area contributed by atoms with Crippen LogP contribution in [0.1, 0.15) is 12.0 Å². The molecule has 3 rings (SSSR count). The van der Waals surface area contributed by atoms with E-state index in [0.29, 0.717) is 16.8 Å². The molecule has 0 unspecified atom stereocenters. The summed E-state index contributed by atoms with van der Waals surface area (Å²) in [7, 11) is 0. The van der Waals surface area contributed by atoms with E-state index in [1.807, 2.05) is 0 Å². The maximum atomic E-state index is 13.1. The molecular weight excluding hydrogens is 371 g/mol. The fourth-order valence-electron chi connectivity index (χ4n) is 2.59. The first-order chi connectivity index (χ1) is 13.4. The van der Waals surface area contributed by atoms with E-state index in [0.717, 1.165) is 22.9 Å². The summed E-state index contributed by atoms with van der Waals surface area (Å²) in [4.78, 5) is 23.9. The van der Waals surface area contributed by atoms with Crippen molar-refractivity contribution in [2.75, 3.05) is 0 Å². The van der Waals surface area contributed by atoms with Crippen molar-refractivity contribution in [3.05, 3.63) is 88.0 Å². The van der Waals surface area contributed by atoms with Crippen molar-refractivity contribution >= 4 is 5.91 Å². The summed E-state index contributed by atoms with van der Waals surface area (Å²) in [6.45, 7) is -0.0112. The maximum Gasteiger partial charge on any atom is 0.266 e. The van der Waals surface area contributed by atoms with E-state index < -0.39 is 17.5 Å². The summed E-state index contributed by atoms with van der Waals surface area (Å²) in [6.07, 6.45) is -0.0441. The SMILES string of the molecule is O=C(CCn1nc(-c2ccc(F)cc2)ccc1=O)NCc1cc(F)cc(F)c1. The maximum absolute atomic E-state index is 13.1. The monoisotopic (exact) mass is 387 g/mol. The zero-order valence-electron chi connectivity index (χ0n) is 14.7. The van der Waals surface area contributed by atoms with Gasteiger partial charge in [-0.05, 0) is 48.0 Å². The predicted molar refractivity (Wildman–Crippen MR) is 96.7 cm³/mol. The van der Waals surface area contributed by atoms with Crippen molar-refractivity contribution in [1.29, 1.82) is 0 Å². The lowest BCUT2D eigenvalue weighted by Gasteiger charge is -2.08. The van der Waals surface area contributed by atoms with Crippen LogP contribution in [-0.4, -0.2) is 15.7 Å². The molecule has 0 spiro atoms. The highest BCUT2D eigenvalue weighted by molar-refractivity contribution is 5.75. The number of carbonyl (C=O) groups is 1. The average molecular weight is 387 g/mol. The molecule has 0 saturated heterocycles. The molecule has 0 saturated carbocycles. The number of nitrogens with zero attached hydrogens (tertiary/aromatic N) is 2. The van der Waals surface area contributed by atoms with Gasteiger partial charge in [0.05, 0.1) is 12.2 Å². The van der Waals surface area contributed by atoms with Crippen LogP contribution < -0.4 is 10.9 Å². The third-order valence-corrected chi connectivity index (χ3v) is 3.97. The van der Waals surface area contributed by atoms with Crippen LogP contribution >= 0.6 is 0 Å². The molecule has 0 aliphatic carbocycles. The Bertz CT molecular complexity index is 1030. The lowest BCUT2D eigenvalue weighted by molar-refractivity contribution is -0.121. The highest BCUT2D eigenvalue weighted by Crippen LogP contribution is 2.15. The van der Waals surface area contributed by atoms with Crippen LogP contribution in [0.25, 0.3) is 11.3 Å². The highest BCUT2D eigenvalue weighted by Gasteiger charge is 2.08. The molecule has 5 nitrogen and oxygen atoms in total. The second kappa shape index (κ2) is 8.51. The Morgan fingerprint density at radius 3 is 2.29 bits per heavy atom. The first-order valence-electron chi connectivity index (χ1n) is 8.46. The Hall–Kier alpha value is -3.42. The number of carbonyl (C=O) groups excluding carboxylic acids is 1. The zero-order chi connectivity index (χ0) is 20.1. The smallest absolute Gasteiger partial charge is 0.266 e. The van der Waals surface area contributed by atoms with Gasteiger partial charge in [0.1, 0.15) is 17.5 Å². The van der Waals surface area contributed by atoms with Crippen LogP contribution in [0.15, 0.2) is 59.4 Å². The minimum absolute atomic E-state index is 0.0250. The quantitative estimate of drug-likeness (QED) is 0.707. The largest absolute Gasteiger partial charge is 0.352 e. The molecule has 144 valence electrons. The molecule has 8 heteroatoms. The Labute approximate surface area is 158 Å². The van der Waals surface area contributed by atoms with Gasteiger partial charge in [-0.1, -0.05) is 0 Å². The van der Waals surface area contributed by atoms with Gasteiger partial charge in [-0.25, -0.2) is 17.9 Å². The minimum Gasteiger partial charge on any atom is -0.352 e. The summed E-state index contributed by atoms with van der Waals surface area (Å²) >= 11 is 0. The number of hydrogen-bond acceptors (Lipinski definition) is 3. The Kier molecular flexibility index (Phi) is 5.88. The van der Waals surface area contributed by atoms with Crippen LogP contribution in [0.5, 0.6) is 0 Å². The molecule has 0 aliphatic rings. The predicted octanol–water partition coefficient (Wildman–Crippen LogP) is 3.03. The van der Waals surface area contributed by atoms with Gasteiger partial charge in [0, 0.05) is 30.7 Å². The van der Waals surface area contributed by atoms with Crippen molar-refractivity contribution in [1.82, 2.24) is 15.1 Å². The number of rotatable bonds is 6. The van der Waals surface area contributed by atoms with Gasteiger partial charge in [-0.15, -0.1) is 0 Å². The summed E-state index contributed by atoms with van der Waals surface area (Å²) in [5, 5.41) is 6.73. The van der Waals surface area contributed by atoms with Crippen molar-refractivity contribution in [2.45, 2.75) is 19.5 Å². The standard InChI is InChI=1S/C20H16F3N3O2/c21-15-3-1-14(2-4-15)18-5-6-20(28)26(25-18)8-7-19(27)24-12-13-9-16(22)11-17(23)10-13/h1-6,9-11H,7-8,12H2,(H,24,27). The molecule has 1 N–H and O–H groups in total. The molecule has 1 heterocycles. The van der Waals surface area contributed by atoms with E-state index >= 15 is 0 Å². The van der Waals surface area contributed by atoms with Crippen LogP contribution in [0.3, 0.4) is 0 Å². The fraction of sp³-hybridized carbons (Fsp3) is 0.150. The molecule has 0 radical (unpaired) electrons. The summed E-state index contributed by atoms with van der Waals surface area (Å²) in [6, 6.07) is 11.5. The van der Waals surface area contributed by atoms with E-state index in [9.17, 15) is 22.8 Å². The van der Waals surface area contributed by atoms with Crippen LogP contribution in [-0.2, 0) is 17.9 Å². The zero-order valence-corrected chi connectivity index (χ0v) is 14.7. The summed E-state index contributed by atoms with van der Waals surface area (Å²) < 4.78 is 40.5. The molecule has 3 aromatic rings. The molecule has 1 amide bonds. The van der Waals surface area contributed by atoms with Crippen LogP contribution in [0.2, 0.25) is 0 Å². The highest BCUT2D eigenvalue weighted by atomic mass is 19.1. The second-order valence-electron chi connectivity index (χ2n) is 6.09. The molecule has 2 aromatic carbocycles. The number of halogens is 3. The normalized spacial score (nSPS) is 10.7. The van der Waals surface area contributed by atoms with Gasteiger partial charge < -0.3 is 5.32 Å². The average Bonchev–Trinajstić information content (AvgIpc) is 2.66. The third-order valence-electron chi connectivity index (χ3n) is 3.97. The number of hydrogen-bond donors (Lipinski definition) is 1. The van der Waals surface area contributed by atoms with Gasteiger partial charge >= 0.3 is 0 Å². The topological polar surface area (TPSA) is 64.0 Å². The number of amides is 1. The lowest BCUT2D eigenvalue weighted by atomic mass is 10.1. The third kappa shape index (κ3) is 5.06. The summed E-state index contributed by atoms with van der Waals surface area (Å²) in [5.74, 6) is -2.23. The summed E-state index contributed by atoms with van der Waals surface area (Å²) in [5.41, 5.74) is 1.01. The molecule has 0 bridgehead atoms. The molecular formula is C20H16F3N3O2. The van der Waals surface area contributed by atoms with Gasteiger partial charge in [0.25, 0.3) is 5.56 Å². The number of nitrogens with one attached hydrogen (secondary N) is 1. The van der Waals surface area contributed by atoms with Gasteiger partial charge in [0.2, 0.25) is 5.91 Å². The number of aromatic nitrogens is 2. The first-order valence-corrected chi connectivity index (χ1v) is 8.46. The lowest BCUT2D eigenvalue weighted by Crippen LogP contribution is -2.28. The Morgan fingerprint density at radius 1 is 0.929 bits per heavy atom. The Morgan fingerprint density at radius 2 is 1.61 bits per heavy atom. The molecule has 0 fully saturated rings. The van der Waals surface area contributed by atoms with E-state index in [4.69, 9.17) is 0 Å². The van der Waals surface area contributed by atoms with E-state index in [-0.39, 0.29) is 30.9 Å². The van der Waals surface area contributed by atoms with Crippen molar-refractivity contribution in [3.63, 3.8) is 0 Å². The van der Waals surface area contributed by atoms with Crippen molar-refractivity contribution < 1.29 is 18.0 Å². The van der Waals surface area contributed by atoms with Gasteiger partial charge in [-0.2, -0.15) is 5.10 Å². The van der Waals surface area contributed by atoms with Crippen molar-refractivity contribution in [3.8, 4) is 11.3 Å². The van der Waals surface area contributed by atoms with Crippen LogP contribution in [0.4, 0.5) is 13.2 Å². The molecule has 0 atom stereocenters. The fourth-order valence-corrected chi connectivity index (χ4v) is 2.59. The van der Waals surface area contributed by atoms with Crippen molar-refractivity contribution in [2.24, 2.45) is 0 Å². The first kappa shape index (κ1) is 19.3. The molecule has 0 aliphatic heterocycles. The van der Waals surface area contributed by atoms with E-state index in [1.54, 1.807) is 0 Å². The second-order valence-corrected chi connectivity index (χ2v) is 6.09. The van der Waals surface area contributed by atoms with Gasteiger partial charge in [0.15, 0.2) is 0 Å². The number of benzene rings is 2.